The molecule has 44 heavy (non-hydrogen) atoms. The van der Waals surface area contributed by atoms with Crippen molar-refractivity contribution < 1.29 is 15.0 Å². The van der Waals surface area contributed by atoms with Crippen molar-refractivity contribution >= 4 is 5.91 Å². The number of aliphatic hydroxyl groups is 2. The number of carbonyl (C=O) groups excluding carboxylic acids is 1. The number of carbonyl (C=O) groups is 1. The van der Waals surface area contributed by atoms with Crippen LogP contribution >= 0.6 is 0 Å². The molecule has 0 aromatic carbocycles. The number of aliphatic hydroxyl groups excluding tert-OH is 2. The predicted octanol–water partition coefficient (Wildman–Crippen LogP) is 10.6. The summed E-state index contributed by atoms with van der Waals surface area (Å²) in [6.45, 7) is 4.13. The zero-order valence-electron chi connectivity index (χ0n) is 28.4. The summed E-state index contributed by atoms with van der Waals surface area (Å²) >= 11 is 0. The summed E-state index contributed by atoms with van der Waals surface area (Å²) in [5, 5.41) is 22.8. The molecule has 0 saturated carbocycles. The van der Waals surface area contributed by atoms with E-state index in [0.717, 1.165) is 51.4 Å². The van der Waals surface area contributed by atoms with E-state index >= 15 is 0 Å². The fourth-order valence-electron chi connectivity index (χ4n) is 4.67. The number of unbranched alkanes of at least 4 members (excludes halogenated alkanes) is 11. The van der Waals surface area contributed by atoms with Crippen LogP contribution in [0.3, 0.4) is 0 Å². The fourth-order valence-corrected chi connectivity index (χ4v) is 4.67. The summed E-state index contributed by atoms with van der Waals surface area (Å²) in [6.07, 6.45) is 51.0. The van der Waals surface area contributed by atoms with E-state index in [0.29, 0.717) is 12.8 Å². The Morgan fingerprint density at radius 1 is 0.568 bits per heavy atom. The highest BCUT2D eigenvalue weighted by Crippen LogP contribution is 2.12. The van der Waals surface area contributed by atoms with Crippen LogP contribution in [0, 0.1) is 0 Å². The second kappa shape index (κ2) is 35.1. The lowest BCUT2D eigenvalue weighted by Gasteiger charge is -2.19. The molecule has 250 valence electrons. The lowest BCUT2D eigenvalue weighted by atomic mass is 10.0. The number of amides is 1. The van der Waals surface area contributed by atoms with Gasteiger partial charge in [-0.25, -0.2) is 0 Å². The molecule has 0 spiro atoms. The molecule has 1 amide bonds. The van der Waals surface area contributed by atoms with Crippen LogP contribution in [0.5, 0.6) is 0 Å². The molecule has 0 saturated heterocycles. The third-order valence-corrected chi connectivity index (χ3v) is 7.40. The van der Waals surface area contributed by atoms with E-state index in [1.165, 1.54) is 64.2 Å². The molecule has 0 bridgehead atoms. The van der Waals surface area contributed by atoms with Crippen molar-refractivity contribution in [1.29, 1.82) is 0 Å². The molecule has 0 heterocycles. The largest absolute Gasteiger partial charge is 0.394 e. The Labute approximate surface area is 271 Å². The molecule has 0 fully saturated rings. The highest BCUT2D eigenvalue weighted by molar-refractivity contribution is 5.76. The van der Waals surface area contributed by atoms with Crippen molar-refractivity contribution in [2.45, 2.75) is 154 Å². The monoisotopic (exact) mass is 610 g/mol. The third kappa shape index (κ3) is 31.0. The van der Waals surface area contributed by atoms with Crippen molar-refractivity contribution in [1.82, 2.24) is 5.32 Å². The molecule has 4 heteroatoms. The van der Waals surface area contributed by atoms with E-state index in [4.69, 9.17) is 0 Å². The lowest BCUT2D eigenvalue weighted by molar-refractivity contribution is -0.122. The molecule has 0 unspecified atom stereocenters. The number of hydrogen-bond acceptors (Lipinski definition) is 3. The van der Waals surface area contributed by atoms with Crippen LogP contribution in [0.4, 0.5) is 0 Å². The molecule has 0 aromatic rings. The van der Waals surface area contributed by atoms with Crippen molar-refractivity contribution in [2.75, 3.05) is 6.61 Å². The van der Waals surface area contributed by atoms with Crippen LogP contribution in [0.1, 0.15) is 142 Å². The SMILES string of the molecule is CC/C=C\C/C=C\C/C=C\C/C=C\C/C=C\C/C=C\CCC(=O)N[C@@H](CO)[C@H](O)/C=C/CCCCCCCCCCCCC. The second-order valence-electron chi connectivity index (χ2n) is 11.6. The summed E-state index contributed by atoms with van der Waals surface area (Å²) in [6, 6.07) is -0.665. The van der Waals surface area contributed by atoms with E-state index in [2.05, 4.69) is 86.0 Å². The van der Waals surface area contributed by atoms with Gasteiger partial charge in [0, 0.05) is 6.42 Å². The topological polar surface area (TPSA) is 69.6 Å². The number of nitrogens with one attached hydrogen (secondary N) is 1. The third-order valence-electron chi connectivity index (χ3n) is 7.40. The van der Waals surface area contributed by atoms with Crippen LogP contribution in [0.15, 0.2) is 85.1 Å². The van der Waals surface area contributed by atoms with Crippen LogP contribution in [-0.2, 0) is 4.79 Å². The maximum Gasteiger partial charge on any atom is 0.220 e. The first-order valence-electron chi connectivity index (χ1n) is 17.8. The standard InChI is InChI=1S/C40H67NO3/c1-3-5-7-9-11-13-15-17-18-19-20-21-22-24-26-28-30-32-34-36-40(44)41-38(37-42)39(43)35-33-31-29-27-25-23-16-14-12-10-8-6-4-2/h5,7,11,13,17-18,20-21,24,26,30,32-33,35,38-39,42-43H,3-4,6,8-10,12,14-16,19,22-23,25,27-29,31,34,36-37H2,1-2H3,(H,41,44)/b7-5-,13-11-,18-17-,21-20-,26-24-,32-30-,35-33+/t38-,39+/m0/s1. The summed E-state index contributed by atoms with van der Waals surface area (Å²) < 4.78 is 0. The van der Waals surface area contributed by atoms with Crippen molar-refractivity contribution in [3.8, 4) is 0 Å². The molecule has 3 N–H and O–H groups in total. The molecule has 0 aliphatic rings. The van der Waals surface area contributed by atoms with Crippen LogP contribution in [0.25, 0.3) is 0 Å². The highest BCUT2D eigenvalue weighted by atomic mass is 16.3. The van der Waals surface area contributed by atoms with E-state index in [1.54, 1.807) is 6.08 Å². The minimum Gasteiger partial charge on any atom is -0.394 e. The van der Waals surface area contributed by atoms with E-state index in [9.17, 15) is 15.0 Å². The maximum absolute atomic E-state index is 12.3. The van der Waals surface area contributed by atoms with Gasteiger partial charge < -0.3 is 15.5 Å². The summed E-state index contributed by atoms with van der Waals surface area (Å²) in [5.41, 5.74) is 0. The van der Waals surface area contributed by atoms with Gasteiger partial charge in [-0.15, -0.1) is 0 Å². The second-order valence-corrected chi connectivity index (χ2v) is 11.6. The molecule has 0 aliphatic heterocycles. The average Bonchev–Trinajstić information content (AvgIpc) is 3.03. The Balaban J connectivity index is 3.84. The van der Waals surface area contributed by atoms with Gasteiger partial charge in [0.05, 0.1) is 18.8 Å². The quantitative estimate of drug-likeness (QED) is 0.0560. The first kappa shape index (κ1) is 41.6. The van der Waals surface area contributed by atoms with Crippen molar-refractivity contribution in [3.63, 3.8) is 0 Å². The molecule has 0 aliphatic carbocycles. The van der Waals surface area contributed by atoms with Crippen LogP contribution in [-0.4, -0.2) is 34.9 Å². The average molecular weight is 610 g/mol. The zero-order valence-corrected chi connectivity index (χ0v) is 28.4. The van der Waals surface area contributed by atoms with Gasteiger partial charge in [-0.3, -0.25) is 4.79 Å². The normalized spacial score (nSPS) is 14.2. The van der Waals surface area contributed by atoms with E-state index in [-0.39, 0.29) is 12.5 Å². The van der Waals surface area contributed by atoms with Crippen LogP contribution < -0.4 is 5.32 Å². The van der Waals surface area contributed by atoms with Gasteiger partial charge in [0.15, 0.2) is 0 Å². The Bertz CT molecular complexity index is 834. The molecule has 2 atom stereocenters. The summed E-state index contributed by atoms with van der Waals surface area (Å²) in [7, 11) is 0. The van der Waals surface area contributed by atoms with Gasteiger partial charge in [-0.1, -0.05) is 163 Å². The molecule has 0 radical (unpaired) electrons. The Morgan fingerprint density at radius 3 is 1.45 bits per heavy atom. The Hall–Kier alpha value is -2.43. The molecule has 4 nitrogen and oxygen atoms in total. The van der Waals surface area contributed by atoms with Gasteiger partial charge in [0.2, 0.25) is 5.91 Å². The first-order valence-corrected chi connectivity index (χ1v) is 17.8. The minimum atomic E-state index is -0.873. The molecule has 0 rings (SSSR count). The molecular formula is C40H67NO3. The highest BCUT2D eigenvalue weighted by Gasteiger charge is 2.17. The molecule has 0 aromatic heterocycles. The van der Waals surface area contributed by atoms with Crippen LogP contribution in [0.2, 0.25) is 0 Å². The number of hydrogen-bond donors (Lipinski definition) is 3. The molecular weight excluding hydrogens is 542 g/mol. The first-order chi connectivity index (χ1) is 21.7. The van der Waals surface area contributed by atoms with Gasteiger partial charge in [0.25, 0.3) is 0 Å². The van der Waals surface area contributed by atoms with Gasteiger partial charge >= 0.3 is 0 Å². The predicted molar refractivity (Wildman–Crippen MR) is 193 cm³/mol. The van der Waals surface area contributed by atoms with E-state index in [1.807, 2.05) is 12.2 Å². The van der Waals surface area contributed by atoms with Gasteiger partial charge in [-0.05, 0) is 57.8 Å². The zero-order chi connectivity index (χ0) is 32.2. The maximum atomic E-state index is 12.3. The van der Waals surface area contributed by atoms with Gasteiger partial charge in [-0.2, -0.15) is 0 Å². The Morgan fingerprint density at radius 2 is 1.00 bits per heavy atom. The van der Waals surface area contributed by atoms with Crippen molar-refractivity contribution in [3.05, 3.63) is 85.1 Å². The summed E-state index contributed by atoms with van der Waals surface area (Å²) in [4.78, 5) is 12.3. The van der Waals surface area contributed by atoms with Crippen molar-refractivity contribution in [2.24, 2.45) is 0 Å². The fraction of sp³-hybridized carbons (Fsp3) is 0.625. The number of allylic oxidation sites excluding steroid dienone is 13. The Kier molecular flexibility index (Phi) is 33.1. The summed E-state index contributed by atoms with van der Waals surface area (Å²) in [5.74, 6) is -0.151. The smallest absolute Gasteiger partial charge is 0.220 e. The number of rotatable bonds is 30. The lowest BCUT2D eigenvalue weighted by Crippen LogP contribution is -2.45. The van der Waals surface area contributed by atoms with E-state index < -0.39 is 12.1 Å². The van der Waals surface area contributed by atoms with Gasteiger partial charge in [0.1, 0.15) is 0 Å². The minimum absolute atomic E-state index is 0.151.